The Balaban J connectivity index is 1.38. The number of carbonyl (C=O) groups excluding carboxylic acids is 1. The number of allylic oxidation sites excluding steroid dienone is 1. The van der Waals surface area contributed by atoms with Gasteiger partial charge in [-0.05, 0) is 65.7 Å². The molecular formula is C34H27ClN2O6. The highest BCUT2D eigenvalue weighted by molar-refractivity contribution is 6.30. The van der Waals surface area contributed by atoms with Crippen molar-refractivity contribution in [3.63, 3.8) is 0 Å². The van der Waals surface area contributed by atoms with Gasteiger partial charge in [-0.2, -0.15) is 5.26 Å². The molecule has 1 aliphatic heterocycles. The molecule has 0 radical (unpaired) electrons. The van der Waals surface area contributed by atoms with Crippen molar-refractivity contribution in [1.82, 2.24) is 0 Å². The molecule has 1 heterocycles. The summed E-state index contributed by atoms with van der Waals surface area (Å²) in [4.78, 5) is 12.8. The first kappa shape index (κ1) is 29.1. The summed E-state index contributed by atoms with van der Waals surface area (Å²) in [7, 11) is 1.55. The van der Waals surface area contributed by atoms with Gasteiger partial charge >= 0.3 is 5.97 Å². The number of ether oxygens (including phenoxy) is 5. The van der Waals surface area contributed by atoms with Gasteiger partial charge in [0, 0.05) is 16.7 Å². The Morgan fingerprint density at radius 2 is 1.74 bits per heavy atom. The Hall–Kier alpha value is -5.39. The molecule has 1 aliphatic rings. The number of nitrogens with zero attached hydrogens (tertiary/aromatic N) is 1. The van der Waals surface area contributed by atoms with Gasteiger partial charge in [-0.25, -0.2) is 4.79 Å². The molecule has 9 heteroatoms. The fraction of sp³-hybridized carbons (Fsp3) is 0.118. The third-order valence-corrected chi connectivity index (χ3v) is 6.94. The molecule has 216 valence electrons. The Morgan fingerprint density at radius 1 is 1.00 bits per heavy atom. The number of nitrogens with two attached hydrogens (primary N) is 1. The van der Waals surface area contributed by atoms with E-state index >= 15 is 0 Å². The highest BCUT2D eigenvalue weighted by atomic mass is 35.5. The molecule has 0 bridgehead atoms. The van der Waals surface area contributed by atoms with Crippen molar-refractivity contribution in [2.45, 2.75) is 12.5 Å². The van der Waals surface area contributed by atoms with Gasteiger partial charge in [0.1, 0.15) is 42.1 Å². The molecule has 0 aromatic heterocycles. The minimum atomic E-state index is -0.555. The van der Waals surface area contributed by atoms with Crippen LogP contribution in [0, 0.1) is 11.3 Å². The number of halogens is 1. The van der Waals surface area contributed by atoms with Crippen LogP contribution in [0.5, 0.6) is 28.7 Å². The summed E-state index contributed by atoms with van der Waals surface area (Å²) in [6.07, 6.45) is 1.64. The van der Waals surface area contributed by atoms with E-state index in [-0.39, 0.29) is 17.2 Å². The molecule has 2 N–H and O–H groups in total. The number of carbonyl (C=O) groups is 1. The van der Waals surface area contributed by atoms with Crippen molar-refractivity contribution in [2.24, 2.45) is 5.73 Å². The third kappa shape index (κ3) is 6.58. The molecule has 8 nitrogen and oxygen atoms in total. The highest BCUT2D eigenvalue weighted by Crippen LogP contribution is 2.45. The average molecular weight is 595 g/mol. The standard InChI is InChI=1S/C34H27ClN2O6/c1-3-16-40-25-11-6-22(7-12-25)34(38)42-26-13-14-27-30(18-26)43-33(37)28(19-36)32(27)23-8-15-29(31(17-23)39-2)41-20-21-4-9-24(35)10-5-21/h3-15,17-18,32H,1,16,20,37H2,2H3. The minimum absolute atomic E-state index is 0.0411. The van der Waals surface area contributed by atoms with E-state index < -0.39 is 11.9 Å². The first-order valence-electron chi connectivity index (χ1n) is 13.2. The highest BCUT2D eigenvalue weighted by Gasteiger charge is 2.32. The molecular weight excluding hydrogens is 568 g/mol. The van der Waals surface area contributed by atoms with Crippen molar-refractivity contribution in [2.75, 3.05) is 13.7 Å². The molecule has 0 aliphatic carbocycles. The SMILES string of the molecule is C=CCOc1ccc(C(=O)Oc2ccc3c(c2)OC(N)=C(C#N)C3c2ccc(OCc3ccc(Cl)cc3)c(OC)c2)cc1. The summed E-state index contributed by atoms with van der Waals surface area (Å²) in [6.45, 7) is 4.29. The Kier molecular flexibility index (Phi) is 8.85. The smallest absolute Gasteiger partial charge is 0.343 e. The molecule has 4 aromatic rings. The number of nitriles is 1. The molecule has 0 fully saturated rings. The summed E-state index contributed by atoms with van der Waals surface area (Å²) in [6, 6.07) is 26.5. The maximum Gasteiger partial charge on any atom is 0.343 e. The molecule has 1 atom stereocenters. The van der Waals surface area contributed by atoms with Gasteiger partial charge in [0.25, 0.3) is 0 Å². The zero-order valence-corrected chi connectivity index (χ0v) is 24.0. The van der Waals surface area contributed by atoms with E-state index in [1.807, 2.05) is 18.2 Å². The largest absolute Gasteiger partial charge is 0.493 e. The molecule has 43 heavy (non-hydrogen) atoms. The Bertz CT molecular complexity index is 1730. The maximum atomic E-state index is 12.8. The second-order valence-corrected chi connectivity index (χ2v) is 9.90. The van der Waals surface area contributed by atoms with Crippen LogP contribution < -0.4 is 29.4 Å². The quantitative estimate of drug-likeness (QED) is 0.119. The van der Waals surface area contributed by atoms with Gasteiger partial charge in [0.15, 0.2) is 11.5 Å². The van der Waals surface area contributed by atoms with Crippen molar-refractivity contribution in [1.29, 1.82) is 5.26 Å². The number of rotatable bonds is 10. The van der Waals surface area contributed by atoms with Gasteiger partial charge in [0.2, 0.25) is 5.88 Å². The maximum absolute atomic E-state index is 12.8. The van der Waals surface area contributed by atoms with Crippen LogP contribution in [0.3, 0.4) is 0 Å². The molecule has 0 spiro atoms. The lowest BCUT2D eigenvalue weighted by Crippen LogP contribution is -2.21. The zero-order chi connectivity index (χ0) is 30.3. The van der Waals surface area contributed by atoms with Crippen LogP contribution in [0.25, 0.3) is 0 Å². The fourth-order valence-corrected chi connectivity index (χ4v) is 4.70. The number of benzene rings is 4. The number of fused-ring (bicyclic) bond motifs is 1. The number of hydrogen-bond acceptors (Lipinski definition) is 8. The zero-order valence-electron chi connectivity index (χ0n) is 23.2. The van der Waals surface area contributed by atoms with Gasteiger partial charge in [-0.1, -0.05) is 48.5 Å². The Labute approximate surface area is 254 Å². The summed E-state index contributed by atoms with van der Waals surface area (Å²) in [5, 5.41) is 10.6. The summed E-state index contributed by atoms with van der Waals surface area (Å²) in [5.74, 6) is 1.10. The average Bonchev–Trinajstić information content (AvgIpc) is 3.03. The minimum Gasteiger partial charge on any atom is -0.493 e. The summed E-state index contributed by atoms with van der Waals surface area (Å²) >= 11 is 5.98. The lowest BCUT2D eigenvalue weighted by atomic mass is 9.83. The lowest BCUT2D eigenvalue weighted by Gasteiger charge is -2.27. The van der Waals surface area contributed by atoms with E-state index in [1.165, 1.54) is 0 Å². The second kappa shape index (κ2) is 13.1. The van der Waals surface area contributed by atoms with Crippen molar-refractivity contribution in [3.8, 4) is 34.8 Å². The van der Waals surface area contributed by atoms with Crippen molar-refractivity contribution in [3.05, 3.63) is 136 Å². The van der Waals surface area contributed by atoms with Crippen molar-refractivity contribution >= 4 is 17.6 Å². The van der Waals surface area contributed by atoms with Gasteiger partial charge < -0.3 is 29.4 Å². The molecule has 0 saturated heterocycles. The van der Waals surface area contributed by atoms with E-state index in [0.29, 0.717) is 52.4 Å². The topological polar surface area (TPSA) is 113 Å². The van der Waals surface area contributed by atoms with E-state index in [1.54, 1.807) is 79.9 Å². The van der Waals surface area contributed by atoms with Crippen LogP contribution in [0.4, 0.5) is 0 Å². The van der Waals surface area contributed by atoms with Gasteiger partial charge in [-0.15, -0.1) is 0 Å². The summed E-state index contributed by atoms with van der Waals surface area (Å²) < 4.78 is 28.5. The first-order valence-corrected chi connectivity index (χ1v) is 13.6. The van der Waals surface area contributed by atoms with Gasteiger partial charge in [-0.3, -0.25) is 0 Å². The molecule has 0 amide bonds. The van der Waals surface area contributed by atoms with Crippen molar-refractivity contribution < 1.29 is 28.5 Å². The van der Waals surface area contributed by atoms with E-state index in [4.69, 9.17) is 41.0 Å². The predicted molar refractivity (Wildman–Crippen MR) is 162 cm³/mol. The molecule has 1 unspecified atom stereocenters. The van der Waals surface area contributed by atoms with E-state index in [2.05, 4.69) is 12.6 Å². The van der Waals surface area contributed by atoms with Crippen LogP contribution in [0.1, 0.15) is 33.0 Å². The van der Waals surface area contributed by atoms with Crippen LogP contribution in [-0.4, -0.2) is 19.7 Å². The summed E-state index contributed by atoms with van der Waals surface area (Å²) in [5.41, 5.74) is 9.14. The third-order valence-electron chi connectivity index (χ3n) is 6.69. The molecule has 4 aromatic carbocycles. The number of methoxy groups -OCH3 is 1. The number of esters is 1. The lowest BCUT2D eigenvalue weighted by molar-refractivity contribution is 0.0734. The fourth-order valence-electron chi connectivity index (χ4n) is 4.58. The molecule has 5 rings (SSSR count). The second-order valence-electron chi connectivity index (χ2n) is 9.46. The normalized spacial score (nSPS) is 13.7. The van der Waals surface area contributed by atoms with Gasteiger partial charge in [0.05, 0.1) is 18.6 Å². The monoisotopic (exact) mass is 594 g/mol. The van der Waals surface area contributed by atoms with Crippen LogP contribution in [0.2, 0.25) is 5.02 Å². The van der Waals surface area contributed by atoms with Crippen LogP contribution in [-0.2, 0) is 6.61 Å². The molecule has 0 saturated carbocycles. The predicted octanol–water partition coefficient (Wildman–Crippen LogP) is 6.93. The number of hydrogen-bond donors (Lipinski definition) is 1. The van der Waals surface area contributed by atoms with E-state index in [9.17, 15) is 10.1 Å². The first-order chi connectivity index (χ1) is 20.9. The van der Waals surface area contributed by atoms with E-state index in [0.717, 1.165) is 11.1 Å². The van der Waals surface area contributed by atoms with Crippen LogP contribution in [0.15, 0.2) is 109 Å². The Morgan fingerprint density at radius 3 is 2.44 bits per heavy atom. The van der Waals surface area contributed by atoms with Crippen LogP contribution >= 0.6 is 11.6 Å².